The highest BCUT2D eigenvalue weighted by Crippen LogP contribution is 2.09. The Morgan fingerprint density at radius 2 is 2.29 bits per heavy atom. The second-order valence-electron chi connectivity index (χ2n) is 2.94. The zero-order valence-corrected chi connectivity index (χ0v) is 8.16. The molecule has 0 aromatic carbocycles. The van der Waals surface area contributed by atoms with E-state index < -0.39 is 11.7 Å². The van der Waals surface area contributed by atoms with Gasteiger partial charge in [0.2, 0.25) is 12.1 Å². The molecule has 0 radical (unpaired) electrons. The first-order valence-electron chi connectivity index (χ1n) is 4.31. The number of aliphatic hydroxyl groups is 1. The molecule has 0 heterocycles. The van der Waals surface area contributed by atoms with Crippen molar-refractivity contribution in [3.05, 3.63) is 0 Å². The van der Waals surface area contributed by atoms with E-state index in [-0.39, 0.29) is 6.42 Å². The van der Waals surface area contributed by atoms with Crippen molar-refractivity contribution in [2.75, 3.05) is 13.7 Å². The molecule has 1 atom stereocenters. The van der Waals surface area contributed by atoms with Crippen LogP contribution >= 0.6 is 0 Å². The summed E-state index contributed by atoms with van der Waals surface area (Å²) in [4.78, 5) is 20.7. The summed E-state index contributed by atoms with van der Waals surface area (Å²) in [5.74, 6) is -0.846. The lowest BCUT2D eigenvalue weighted by Crippen LogP contribution is -2.48. The Bertz CT molecular complexity index is 194. The highest BCUT2D eigenvalue weighted by Gasteiger charge is 2.31. The fourth-order valence-electron chi connectivity index (χ4n) is 0.959. The topological polar surface area (TPSA) is 102 Å². The third-order valence-electron chi connectivity index (χ3n) is 1.75. The van der Waals surface area contributed by atoms with Crippen molar-refractivity contribution >= 4 is 12.4 Å². The van der Waals surface area contributed by atoms with Gasteiger partial charge in [0.15, 0.2) is 0 Å². The summed E-state index contributed by atoms with van der Waals surface area (Å²) in [6.45, 7) is 0.501. The fraction of sp³-hybridized carbons (Fsp3) is 0.750. The van der Waals surface area contributed by atoms with Crippen LogP contribution in [0.3, 0.4) is 0 Å². The van der Waals surface area contributed by atoms with Gasteiger partial charge in [0.25, 0.3) is 0 Å². The Balaban J connectivity index is 3.65. The molecule has 0 aliphatic heterocycles. The van der Waals surface area contributed by atoms with Crippen molar-refractivity contribution in [1.82, 2.24) is 5.32 Å². The molecule has 14 heavy (non-hydrogen) atoms. The largest absolute Gasteiger partial charge is 0.466 e. The average Bonchev–Trinajstić information content (AvgIpc) is 2.16. The van der Waals surface area contributed by atoms with Gasteiger partial charge in [-0.15, -0.1) is 0 Å². The molecule has 0 aliphatic rings. The van der Waals surface area contributed by atoms with Gasteiger partial charge in [-0.2, -0.15) is 0 Å². The van der Waals surface area contributed by atoms with Crippen LogP contribution in [0.5, 0.6) is 0 Å². The SMILES string of the molecule is COC(=O)C(N)(O)CCCCNC=O. The number of amides is 1. The summed E-state index contributed by atoms with van der Waals surface area (Å²) in [5, 5.41) is 11.8. The zero-order valence-electron chi connectivity index (χ0n) is 8.16. The van der Waals surface area contributed by atoms with E-state index in [1.807, 2.05) is 0 Å². The Labute approximate surface area is 82.4 Å². The van der Waals surface area contributed by atoms with Gasteiger partial charge in [-0.3, -0.25) is 10.5 Å². The van der Waals surface area contributed by atoms with Crippen LogP contribution in [0.1, 0.15) is 19.3 Å². The standard InChI is InChI=1S/C8H16N2O4/c1-14-7(12)8(9,13)4-2-3-5-10-6-11/h6,13H,2-5,9H2,1H3,(H,10,11). The summed E-state index contributed by atoms with van der Waals surface area (Å²) < 4.78 is 4.31. The lowest BCUT2D eigenvalue weighted by atomic mass is 10.1. The van der Waals surface area contributed by atoms with Crippen molar-refractivity contribution in [3.63, 3.8) is 0 Å². The summed E-state index contributed by atoms with van der Waals surface area (Å²) in [6.07, 6.45) is 1.88. The number of methoxy groups -OCH3 is 1. The van der Waals surface area contributed by atoms with Crippen LogP contribution < -0.4 is 11.1 Å². The van der Waals surface area contributed by atoms with Gasteiger partial charge in [-0.1, -0.05) is 0 Å². The van der Waals surface area contributed by atoms with E-state index in [1.165, 1.54) is 0 Å². The molecule has 0 saturated carbocycles. The first-order chi connectivity index (χ1) is 6.54. The van der Waals surface area contributed by atoms with Crippen LogP contribution in [0.15, 0.2) is 0 Å². The molecule has 0 spiro atoms. The third-order valence-corrected chi connectivity index (χ3v) is 1.75. The van der Waals surface area contributed by atoms with E-state index in [2.05, 4.69) is 10.1 Å². The number of carbonyl (C=O) groups excluding carboxylic acids is 2. The van der Waals surface area contributed by atoms with Gasteiger partial charge >= 0.3 is 5.97 Å². The monoisotopic (exact) mass is 204 g/mol. The minimum atomic E-state index is -1.92. The quantitative estimate of drug-likeness (QED) is 0.207. The molecule has 4 N–H and O–H groups in total. The number of ether oxygens (including phenoxy) is 1. The van der Waals surface area contributed by atoms with E-state index in [9.17, 15) is 14.7 Å². The molecule has 0 bridgehead atoms. The molecule has 1 amide bonds. The molecule has 0 aromatic rings. The maximum atomic E-state index is 10.9. The van der Waals surface area contributed by atoms with Crippen LogP contribution in [-0.2, 0) is 14.3 Å². The van der Waals surface area contributed by atoms with Gasteiger partial charge in [0.1, 0.15) is 0 Å². The first kappa shape index (κ1) is 12.9. The summed E-state index contributed by atoms with van der Waals surface area (Å²) in [6, 6.07) is 0. The Hall–Kier alpha value is -1.14. The molecule has 1 unspecified atom stereocenters. The van der Waals surface area contributed by atoms with E-state index >= 15 is 0 Å². The maximum Gasteiger partial charge on any atom is 0.353 e. The Morgan fingerprint density at radius 3 is 2.79 bits per heavy atom. The molecule has 82 valence electrons. The van der Waals surface area contributed by atoms with Crippen LogP contribution in [0.2, 0.25) is 0 Å². The van der Waals surface area contributed by atoms with Crippen molar-refractivity contribution in [2.45, 2.75) is 25.0 Å². The number of unbranched alkanes of at least 4 members (excludes halogenated alkanes) is 1. The average molecular weight is 204 g/mol. The van der Waals surface area contributed by atoms with Crippen molar-refractivity contribution in [1.29, 1.82) is 0 Å². The number of carbonyl (C=O) groups is 2. The highest BCUT2D eigenvalue weighted by atomic mass is 16.5. The summed E-state index contributed by atoms with van der Waals surface area (Å²) in [7, 11) is 1.16. The summed E-state index contributed by atoms with van der Waals surface area (Å²) in [5.41, 5.74) is 3.36. The lowest BCUT2D eigenvalue weighted by Gasteiger charge is -2.19. The number of nitrogens with one attached hydrogen (secondary N) is 1. The normalized spacial score (nSPS) is 14.2. The van der Waals surface area contributed by atoms with E-state index in [0.717, 1.165) is 7.11 Å². The molecule has 6 nitrogen and oxygen atoms in total. The maximum absolute atomic E-state index is 10.9. The van der Waals surface area contributed by atoms with Crippen LogP contribution in [-0.4, -0.2) is 36.9 Å². The van der Waals surface area contributed by atoms with Gasteiger partial charge in [-0.25, -0.2) is 4.79 Å². The smallest absolute Gasteiger partial charge is 0.353 e. The van der Waals surface area contributed by atoms with Gasteiger partial charge < -0.3 is 15.2 Å². The minimum absolute atomic E-state index is 0.111. The number of esters is 1. The van der Waals surface area contributed by atoms with Gasteiger partial charge in [0, 0.05) is 13.0 Å². The molecular weight excluding hydrogens is 188 g/mol. The molecule has 0 fully saturated rings. The van der Waals surface area contributed by atoms with Gasteiger partial charge in [-0.05, 0) is 12.8 Å². The van der Waals surface area contributed by atoms with E-state index in [1.54, 1.807) is 0 Å². The number of rotatable bonds is 7. The summed E-state index contributed by atoms with van der Waals surface area (Å²) >= 11 is 0. The predicted molar refractivity (Wildman–Crippen MR) is 49.1 cm³/mol. The molecular formula is C8H16N2O4. The van der Waals surface area contributed by atoms with Crippen molar-refractivity contribution in [3.8, 4) is 0 Å². The first-order valence-corrected chi connectivity index (χ1v) is 4.31. The molecule has 0 aliphatic carbocycles. The number of hydrogen-bond acceptors (Lipinski definition) is 5. The number of nitrogens with two attached hydrogens (primary N) is 1. The molecule has 0 saturated heterocycles. The van der Waals surface area contributed by atoms with Crippen molar-refractivity contribution < 1.29 is 19.4 Å². The van der Waals surface area contributed by atoms with Gasteiger partial charge in [0.05, 0.1) is 7.11 Å². The second kappa shape index (κ2) is 6.33. The Kier molecular flexibility index (Phi) is 5.82. The minimum Gasteiger partial charge on any atom is -0.466 e. The molecule has 0 aromatic heterocycles. The van der Waals surface area contributed by atoms with E-state index in [0.29, 0.717) is 25.8 Å². The second-order valence-corrected chi connectivity index (χ2v) is 2.94. The van der Waals surface area contributed by atoms with Crippen LogP contribution in [0, 0.1) is 0 Å². The molecule has 0 rings (SSSR count). The van der Waals surface area contributed by atoms with Crippen molar-refractivity contribution in [2.24, 2.45) is 5.73 Å². The fourth-order valence-corrected chi connectivity index (χ4v) is 0.959. The number of hydrogen-bond donors (Lipinski definition) is 3. The van der Waals surface area contributed by atoms with Crippen LogP contribution in [0.25, 0.3) is 0 Å². The predicted octanol–water partition coefficient (Wildman–Crippen LogP) is -1.28. The van der Waals surface area contributed by atoms with Crippen LogP contribution in [0.4, 0.5) is 0 Å². The lowest BCUT2D eigenvalue weighted by molar-refractivity contribution is -0.162. The highest BCUT2D eigenvalue weighted by molar-refractivity contribution is 5.78. The van der Waals surface area contributed by atoms with E-state index in [4.69, 9.17) is 5.73 Å². The Morgan fingerprint density at radius 1 is 1.64 bits per heavy atom. The third kappa shape index (κ3) is 4.78. The molecule has 6 heteroatoms. The zero-order chi connectivity index (χ0) is 11.0.